The Hall–Kier alpha value is -3.61. The third-order valence-corrected chi connectivity index (χ3v) is 3.76. The van der Waals surface area contributed by atoms with Crippen LogP contribution in [0.15, 0.2) is 64.2 Å². The second-order valence-electron chi connectivity index (χ2n) is 5.39. The van der Waals surface area contributed by atoms with E-state index in [1.165, 1.54) is 12.1 Å². The number of para-hydroxylation sites is 2. The predicted octanol–water partition coefficient (Wildman–Crippen LogP) is 1.86. The van der Waals surface area contributed by atoms with Gasteiger partial charge in [-0.2, -0.15) is 0 Å². The van der Waals surface area contributed by atoms with E-state index in [-0.39, 0.29) is 11.3 Å². The Morgan fingerprint density at radius 3 is 2.42 bits per heavy atom. The second kappa shape index (κ2) is 7.10. The minimum absolute atomic E-state index is 0.218. The van der Waals surface area contributed by atoms with Gasteiger partial charge in [-0.1, -0.05) is 42.5 Å². The molecule has 0 saturated carbocycles. The molecule has 7 heteroatoms. The van der Waals surface area contributed by atoms with Crippen LogP contribution in [0, 0.1) is 0 Å². The molecule has 26 heavy (non-hydrogen) atoms. The van der Waals surface area contributed by atoms with Gasteiger partial charge >= 0.3 is 5.69 Å². The highest BCUT2D eigenvalue weighted by molar-refractivity contribution is 6.10. The fourth-order valence-electron chi connectivity index (χ4n) is 2.61. The highest BCUT2D eigenvalue weighted by Gasteiger charge is 2.24. The normalized spacial score (nSPS) is 10.5. The van der Waals surface area contributed by atoms with Crippen LogP contribution >= 0.6 is 0 Å². The smallest absolute Gasteiger partial charge is 0.335 e. The topological polar surface area (TPSA) is 101 Å². The van der Waals surface area contributed by atoms with Gasteiger partial charge in [0, 0.05) is 5.56 Å². The summed E-state index contributed by atoms with van der Waals surface area (Å²) in [5.41, 5.74) is -1.90. The number of aromatic hydroxyl groups is 1. The molecular weight excluding hydrogens is 336 g/mol. The van der Waals surface area contributed by atoms with Gasteiger partial charge < -0.3 is 9.84 Å². The quantitative estimate of drug-likeness (QED) is 0.683. The molecule has 0 bridgehead atoms. The van der Waals surface area contributed by atoms with Crippen LogP contribution in [0.25, 0.3) is 5.69 Å². The van der Waals surface area contributed by atoms with E-state index in [2.05, 4.69) is 4.98 Å². The number of aromatic nitrogens is 2. The summed E-state index contributed by atoms with van der Waals surface area (Å²) in [6, 6.07) is 14.6. The maximum atomic E-state index is 12.7. The third-order valence-electron chi connectivity index (χ3n) is 3.76. The second-order valence-corrected chi connectivity index (χ2v) is 5.39. The van der Waals surface area contributed by atoms with E-state index in [9.17, 15) is 19.5 Å². The molecule has 0 saturated heterocycles. The van der Waals surface area contributed by atoms with Crippen molar-refractivity contribution in [1.29, 1.82) is 0 Å². The Morgan fingerprint density at radius 2 is 1.73 bits per heavy atom. The average molecular weight is 352 g/mol. The van der Waals surface area contributed by atoms with Crippen LogP contribution in [0.4, 0.5) is 0 Å². The predicted molar refractivity (Wildman–Crippen MR) is 95.4 cm³/mol. The number of nitrogens with zero attached hydrogens (tertiary/aromatic N) is 1. The van der Waals surface area contributed by atoms with E-state index in [0.29, 0.717) is 12.4 Å². The van der Waals surface area contributed by atoms with Crippen molar-refractivity contribution in [2.45, 2.75) is 6.92 Å². The van der Waals surface area contributed by atoms with Crippen LogP contribution in [-0.4, -0.2) is 27.0 Å². The molecule has 0 aliphatic rings. The van der Waals surface area contributed by atoms with Crippen LogP contribution in [0.1, 0.15) is 22.8 Å². The van der Waals surface area contributed by atoms with Crippen LogP contribution < -0.4 is 16.0 Å². The number of benzene rings is 2. The van der Waals surface area contributed by atoms with E-state index in [0.717, 1.165) is 4.57 Å². The Kier molecular flexibility index (Phi) is 4.70. The molecule has 7 nitrogen and oxygen atoms in total. The maximum Gasteiger partial charge on any atom is 0.335 e. The van der Waals surface area contributed by atoms with E-state index in [1.54, 1.807) is 49.4 Å². The number of carbonyl (C=O) groups excluding carboxylic acids is 1. The summed E-state index contributed by atoms with van der Waals surface area (Å²) in [4.78, 5) is 39.2. The summed E-state index contributed by atoms with van der Waals surface area (Å²) in [7, 11) is 0. The highest BCUT2D eigenvalue weighted by Crippen LogP contribution is 2.26. The van der Waals surface area contributed by atoms with Gasteiger partial charge in [0.25, 0.3) is 5.56 Å². The number of aromatic amines is 1. The molecule has 0 fully saturated rings. The fourth-order valence-corrected chi connectivity index (χ4v) is 2.61. The standard InChI is InChI=1S/C19H16N2O5/c1-2-26-14-11-7-6-10-13(14)21-18(24)15(17(23)20-19(21)25)16(22)12-8-4-3-5-9-12/h3-11,24H,2H2,1H3,(H,20,23,25). The molecule has 0 radical (unpaired) electrons. The Balaban J connectivity index is 2.26. The SMILES string of the molecule is CCOc1ccccc1-n1c(O)c(C(=O)c2ccccc2)c(=O)[nH]c1=O. The molecule has 0 aliphatic heterocycles. The summed E-state index contributed by atoms with van der Waals surface area (Å²) in [6.45, 7) is 2.11. The zero-order valence-corrected chi connectivity index (χ0v) is 13.9. The van der Waals surface area contributed by atoms with Crippen molar-refractivity contribution in [2.24, 2.45) is 0 Å². The minimum atomic E-state index is -0.952. The molecule has 0 spiro atoms. The number of ether oxygens (including phenoxy) is 1. The zero-order valence-electron chi connectivity index (χ0n) is 13.9. The Morgan fingerprint density at radius 1 is 1.08 bits per heavy atom. The summed E-state index contributed by atoms with van der Waals surface area (Å²) in [5.74, 6) is -1.09. The molecule has 0 aliphatic carbocycles. The lowest BCUT2D eigenvalue weighted by atomic mass is 10.1. The summed E-state index contributed by atoms with van der Waals surface area (Å²) < 4.78 is 6.32. The van der Waals surface area contributed by atoms with Gasteiger partial charge in [-0.3, -0.25) is 14.6 Å². The van der Waals surface area contributed by atoms with E-state index in [1.807, 2.05) is 0 Å². The van der Waals surface area contributed by atoms with Crippen LogP contribution in [-0.2, 0) is 0 Å². The lowest BCUT2D eigenvalue weighted by Gasteiger charge is -2.14. The van der Waals surface area contributed by atoms with Gasteiger partial charge in [0.05, 0.1) is 12.3 Å². The maximum absolute atomic E-state index is 12.7. The van der Waals surface area contributed by atoms with Crippen LogP contribution in [0.2, 0.25) is 0 Å². The summed E-state index contributed by atoms with van der Waals surface area (Å²) >= 11 is 0. The number of rotatable bonds is 5. The van der Waals surface area contributed by atoms with Crippen molar-refractivity contribution >= 4 is 5.78 Å². The highest BCUT2D eigenvalue weighted by atomic mass is 16.5. The largest absolute Gasteiger partial charge is 0.493 e. The molecule has 3 rings (SSSR count). The minimum Gasteiger partial charge on any atom is -0.493 e. The average Bonchev–Trinajstić information content (AvgIpc) is 2.63. The lowest BCUT2D eigenvalue weighted by molar-refractivity contribution is 0.103. The third kappa shape index (κ3) is 3.02. The monoisotopic (exact) mass is 352 g/mol. The first-order valence-electron chi connectivity index (χ1n) is 7.94. The molecule has 1 heterocycles. The Bertz CT molecular complexity index is 1070. The molecular formula is C19H16N2O5. The van der Waals surface area contributed by atoms with Crippen molar-refractivity contribution in [1.82, 2.24) is 9.55 Å². The molecule has 1 aromatic heterocycles. The van der Waals surface area contributed by atoms with Gasteiger partial charge in [-0.25, -0.2) is 9.36 Å². The molecule has 2 aromatic carbocycles. The molecule has 2 N–H and O–H groups in total. The van der Waals surface area contributed by atoms with Crippen molar-refractivity contribution in [2.75, 3.05) is 6.61 Å². The van der Waals surface area contributed by atoms with Crippen molar-refractivity contribution < 1.29 is 14.6 Å². The fraction of sp³-hybridized carbons (Fsp3) is 0.105. The number of carbonyl (C=O) groups is 1. The first-order chi connectivity index (χ1) is 12.5. The molecule has 0 atom stereocenters. The molecule has 132 valence electrons. The molecule has 0 unspecified atom stereocenters. The first-order valence-corrected chi connectivity index (χ1v) is 7.94. The van der Waals surface area contributed by atoms with E-state index >= 15 is 0 Å². The van der Waals surface area contributed by atoms with Crippen molar-refractivity contribution in [3.63, 3.8) is 0 Å². The van der Waals surface area contributed by atoms with Crippen LogP contribution in [0.3, 0.4) is 0 Å². The van der Waals surface area contributed by atoms with E-state index < -0.39 is 28.5 Å². The number of hydrogen-bond donors (Lipinski definition) is 2. The van der Waals surface area contributed by atoms with Gasteiger partial charge in [0.2, 0.25) is 11.7 Å². The number of ketones is 1. The van der Waals surface area contributed by atoms with Gasteiger partial charge in [0.15, 0.2) is 0 Å². The Labute approximate surface area is 148 Å². The number of hydrogen-bond acceptors (Lipinski definition) is 5. The molecule has 0 amide bonds. The van der Waals surface area contributed by atoms with Crippen molar-refractivity contribution in [3.8, 4) is 17.3 Å². The van der Waals surface area contributed by atoms with Gasteiger partial charge in [-0.15, -0.1) is 0 Å². The number of nitrogens with one attached hydrogen (secondary N) is 1. The summed E-state index contributed by atoms with van der Waals surface area (Å²) in [6.07, 6.45) is 0. The summed E-state index contributed by atoms with van der Waals surface area (Å²) in [5, 5.41) is 10.6. The van der Waals surface area contributed by atoms with Gasteiger partial charge in [0.1, 0.15) is 11.3 Å². The van der Waals surface area contributed by atoms with Gasteiger partial charge in [-0.05, 0) is 19.1 Å². The first kappa shape index (κ1) is 17.2. The zero-order chi connectivity index (χ0) is 18.7. The van der Waals surface area contributed by atoms with E-state index in [4.69, 9.17) is 4.74 Å². The lowest BCUT2D eigenvalue weighted by Crippen LogP contribution is -2.33. The number of H-pyrrole nitrogens is 1. The molecule has 3 aromatic rings. The van der Waals surface area contributed by atoms with Crippen molar-refractivity contribution in [3.05, 3.63) is 86.6 Å². The van der Waals surface area contributed by atoms with Crippen LogP contribution in [0.5, 0.6) is 11.6 Å².